The number of carbonyl (C=O) groups is 2. The maximum Gasteiger partial charge on any atom is 0.348 e. The van der Waals surface area contributed by atoms with Crippen molar-refractivity contribution in [3.8, 4) is 0 Å². The Kier molecular flexibility index (Phi) is 7.31. The van der Waals surface area contributed by atoms with Crippen molar-refractivity contribution in [3.05, 3.63) is 34.0 Å². The quantitative estimate of drug-likeness (QED) is 0.409. The first-order valence-corrected chi connectivity index (χ1v) is 9.44. The molecule has 2 aromatic heterocycles. The average molecular weight is 411 g/mol. The second-order valence-electron chi connectivity index (χ2n) is 5.67. The van der Waals surface area contributed by atoms with E-state index >= 15 is 0 Å². The lowest BCUT2D eigenvalue weighted by Gasteiger charge is -2.11. The Labute approximate surface area is 166 Å². The lowest BCUT2D eigenvalue weighted by Crippen LogP contribution is -2.30. The summed E-state index contributed by atoms with van der Waals surface area (Å²) in [6.45, 7) is 5.07. The number of esters is 2. The summed E-state index contributed by atoms with van der Waals surface area (Å²) < 4.78 is 11.5. The van der Waals surface area contributed by atoms with E-state index in [2.05, 4.69) is 15.7 Å². The summed E-state index contributed by atoms with van der Waals surface area (Å²) in [5, 5.41) is 11.1. The van der Waals surface area contributed by atoms with Crippen LogP contribution in [0.4, 0.5) is 5.00 Å². The summed E-state index contributed by atoms with van der Waals surface area (Å²) in [5.74, 6) is -1.05. The smallest absolute Gasteiger partial charge is 0.348 e. The third-order valence-electron chi connectivity index (χ3n) is 3.90. The highest BCUT2D eigenvalue weighted by Gasteiger charge is 2.26. The van der Waals surface area contributed by atoms with Gasteiger partial charge in [0.05, 0.1) is 19.8 Å². The van der Waals surface area contributed by atoms with Gasteiger partial charge < -0.3 is 20.1 Å². The molecule has 2 N–H and O–H groups in total. The lowest BCUT2D eigenvalue weighted by atomic mass is 10.1. The van der Waals surface area contributed by atoms with Crippen molar-refractivity contribution in [3.63, 3.8) is 0 Å². The molecule has 8 nitrogen and oxygen atoms in total. The van der Waals surface area contributed by atoms with E-state index in [4.69, 9.17) is 21.7 Å². The van der Waals surface area contributed by atoms with Crippen LogP contribution in [0.1, 0.15) is 37.7 Å². The molecular formula is C17H22N4O4S2. The van der Waals surface area contributed by atoms with Crippen LogP contribution in [-0.2, 0) is 16.0 Å². The zero-order valence-corrected chi connectivity index (χ0v) is 17.3. The number of hydrogen-bond donors (Lipinski definition) is 2. The number of carbonyl (C=O) groups excluding carboxylic acids is 2. The number of thiophene rings is 1. The topological polar surface area (TPSA) is 94.5 Å². The van der Waals surface area contributed by atoms with Crippen molar-refractivity contribution in [2.45, 2.75) is 26.8 Å². The Hall–Kier alpha value is -2.46. The van der Waals surface area contributed by atoms with Gasteiger partial charge in [-0.1, -0.05) is 0 Å². The van der Waals surface area contributed by atoms with E-state index in [1.807, 2.05) is 17.7 Å². The molecule has 0 unspecified atom stereocenters. The molecule has 0 saturated heterocycles. The third-order valence-corrected chi connectivity index (χ3v) is 5.33. The third kappa shape index (κ3) is 5.04. The van der Waals surface area contributed by atoms with Gasteiger partial charge in [0.1, 0.15) is 9.88 Å². The molecule has 0 spiro atoms. The molecule has 0 amide bonds. The molecule has 27 heavy (non-hydrogen) atoms. The fraction of sp³-hybridized carbons (Fsp3) is 0.412. The highest BCUT2D eigenvalue weighted by molar-refractivity contribution is 7.80. The van der Waals surface area contributed by atoms with Gasteiger partial charge in [0.15, 0.2) is 5.11 Å². The van der Waals surface area contributed by atoms with E-state index in [1.54, 1.807) is 13.1 Å². The minimum absolute atomic E-state index is 0.277. The first kappa shape index (κ1) is 20.8. The van der Waals surface area contributed by atoms with Gasteiger partial charge in [0, 0.05) is 25.0 Å². The molecule has 2 rings (SSSR count). The van der Waals surface area contributed by atoms with Crippen molar-refractivity contribution in [2.75, 3.05) is 26.1 Å². The Morgan fingerprint density at radius 3 is 2.56 bits per heavy atom. The predicted molar refractivity (Wildman–Crippen MR) is 108 cm³/mol. The molecule has 10 heteroatoms. The summed E-state index contributed by atoms with van der Waals surface area (Å²) in [6.07, 6.45) is 2.59. The predicted octanol–water partition coefficient (Wildman–Crippen LogP) is 2.51. The van der Waals surface area contributed by atoms with Gasteiger partial charge >= 0.3 is 11.9 Å². The minimum atomic E-state index is -0.543. The van der Waals surface area contributed by atoms with Crippen LogP contribution in [0.25, 0.3) is 0 Å². The average Bonchev–Trinajstić information content (AvgIpc) is 3.20. The fourth-order valence-electron chi connectivity index (χ4n) is 2.45. The molecule has 0 aliphatic carbocycles. The summed E-state index contributed by atoms with van der Waals surface area (Å²) in [7, 11) is 2.58. The molecule has 0 bridgehead atoms. The van der Waals surface area contributed by atoms with Crippen molar-refractivity contribution in [1.82, 2.24) is 15.1 Å². The minimum Gasteiger partial charge on any atom is -0.465 e. The van der Waals surface area contributed by atoms with Crippen LogP contribution in [0, 0.1) is 13.8 Å². The van der Waals surface area contributed by atoms with E-state index in [9.17, 15) is 9.59 Å². The molecule has 0 atom stereocenters. The van der Waals surface area contributed by atoms with E-state index in [0.29, 0.717) is 27.1 Å². The van der Waals surface area contributed by atoms with Gasteiger partial charge in [-0.2, -0.15) is 5.10 Å². The Bertz CT molecular complexity index is 844. The van der Waals surface area contributed by atoms with E-state index in [1.165, 1.54) is 14.2 Å². The number of methoxy groups -OCH3 is 2. The van der Waals surface area contributed by atoms with Gasteiger partial charge in [-0.15, -0.1) is 11.3 Å². The zero-order valence-electron chi connectivity index (χ0n) is 15.6. The van der Waals surface area contributed by atoms with Crippen LogP contribution in [0.5, 0.6) is 0 Å². The number of nitrogens with one attached hydrogen (secondary N) is 2. The molecule has 0 aliphatic rings. The monoisotopic (exact) mass is 410 g/mol. The van der Waals surface area contributed by atoms with Gasteiger partial charge in [0.25, 0.3) is 0 Å². The molecule has 0 aromatic carbocycles. The molecular weight excluding hydrogens is 388 g/mol. The van der Waals surface area contributed by atoms with E-state index < -0.39 is 11.9 Å². The highest BCUT2D eigenvalue weighted by Crippen LogP contribution is 2.34. The normalized spacial score (nSPS) is 10.4. The molecule has 0 fully saturated rings. The van der Waals surface area contributed by atoms with E-state index in [0.717, 1.165) is 30.0 Å². The number of aromatic nitrogens is 2. The number of hydrogen-bond acceptors (Lipinski definition) is 7. The Morgan fingerprint density at radius 1 is 1.26 bits per heavy atom. The molecule has 2 heterocycles. The van der Waals surface area contributed by atoms with Gasteiger partial charge in [-0.05, 0) is 44.1 Å². The van der Waals surface area contributed by atoms with Crippen LogP contribution in [0.3, 0.4) is 0 Å². The van der Waals surface area contributed by atoms with Gasteiger partial charge in [-0.3, -0.25) is 4.68 Å². The number of anilines is 1. The van der Waals surface area contributed by atoms with Crippen LogP contribution >= 0.6 is 23.6 Å². The van der Waals surface area contributed by atoms with E-state index in [-0.39, 0.29) is 5.56 Å². The summed E-state index contributed by atoms with van der Waals surface area (Å²) in [4.78, 5) is 24.3. The first-order valence-electron chi connectivity index (χ1n) is 8.22. The largest absolute Gasteiger partial charge is 0.465 e. The van der Waals surface area contributed by atoms with Gasteiger partial charge in [0.2, 0.25) is 0 Å². The standard InChI is InChI=1S/C17H22N4O4S2/c1-10-6-8-19-21(10)9-5-7-18-17(26)20-14-12(15(22)24-3)11(2)13(27-14)16(23)25-4/h6,8H,5,7,9H2,1-4H3,(H2,18,20,26). The SMILES string of the molecule is COC(=O)c1sc(NC(=S)NCCCn2nccc2C)c(C(=O)OC)c1C. The first-order chi connectivity index (χ1) is 12.9. The van der Waals surface area contributed by atoms with Gasteiger partial charge in [-0.25, -0.2) is 9.59 Å². The van der Waals surface area contributed by atoms with Crippen molar-refractivity contribution >= 4 is 45.6 Å². The molecule has 0 saturated carbocycles. The summed E-state index contributed by atoms with van der Waals surface area (Å²) >= 11 is 6.40. The maximum atomic E-state index is 12.1. The van der Waals surface area contributed by atoms with Crippen molar-refractivity contribution < 1.29 is 19.1 Å². The van der Waals surface area contributed by atoms with Crippen molar-refractivity contribution in [1.29, 1.82) is 0 Å². The summed E-state index contributed by atoms with van der Waals surface area (Å²) in [6, 6.07) is 1.95. The van der Waals surface area contributed by atoms with Crippen LogP contribution in [0.2, 0.25) is 0 Å². The molecule has 2 aromatic rings. The highest BCUT2D eigenvalue weighted by atomic mass is 32.1. The second-order valence-corrected chi connectivity index (χ2v) is 7.10. The maximum absolute atomic E-state index is 12.1. The Morgan fingerprint density at radius 2 is 1.96 bits per heavy atom. The number of nitrogens with zero attached hydrogens (tertiary/aromatic N) is 2. The molecule has 146 valence electrons. The lowest BCUT2D eigenvalue weighted by molar-refractivity contribution is 0.0601. The Balaban J connectivity index is 2.00. The number of thiocarbonyl (C=S) groups is 1. The molecule has 0 aliphatic heterocycles. The van der Waals surface area contributed by atoms with Crippen LogP contribution < -0.4 is 10.6 Å². The second kappa shape index (κ2) is 9.47. The number of aryl methyl sites for hydroxylation is 2. The molecule has 0 radical (unpaired) electrons. The zero-order chi connectivity index (χ0) is 20.0. The number of ether oxygens (including phenoxy) is 2. The summed E-state index contributed by atoms with van der Waals surface area (Å²) in [5.41, 5.74) is 1.88. The fourth-order valence-corrected chi connectivity index (χ4v) is 3.83. The van der Waals surface area contributed by atoms with Crippen LogP contribution in [-0.4, -0.2) is 47.6 Å². The number of rotatable bonds is 7. The van der Waals surface area contributed by atoms with Crippen molar-refractivity contribution in [2.24, 2.45) is 0 Å². The van der Waals surface area contributed by atoms with Crippen LogP contribution in [0.15, 0.2) is 12.3 Å².